The van der Waals surface area contributed by atoms with Crippen molar-refractivity contribution in [2.75, 3.05) is 13.1 Å². The summed E-state index contributed by atoms with van der Waals surface area (Å²) in [4.78, 5) is 2.49. The van der Waals surface area contributed by atoms with Gasteiger partial charge in [-0.2, -0.15) is 0 Å². The van der Waals surface area contributed by atoms with Crippen molar-refractivity contribution >= 4 is 15.9 Å². The third-order valence-electron chi connectivity index (χ3n) is 2.63. The highest BCUT2D eigenvalue weighted by Gasteiger charge is 2.05. The van der Waals surface area contributed by atoms with Crippen LogP contribution < -0.4 is 0 Å². The predicted molar refractivity (Wildman–Crippen MR) is 70.0 cm³/mol. The predicted octanol–water partition coefficient (Wildman–Crippen LogP) is 4.07. The van der Waals surface area contributed by atoms with Crippen molar-refractivity contribution in [2.24, 2.45) is 0 Å². The lowest BCUT2D eigenvalue weighted by Crippen LogP contribution is -2.24. The van der Waals surface area contributed by atoms with E-state index in [4.69, 9.17) is 0 Å². The van der Waals surface area contributed by atoms with E-state index in [0.717, 1.165) is 13.1 Å². The van der Waals surface area contributed by atoms with Crippen LogP contribution in [-0.4, -0.2) is 18.0 Å². The largest absolute Gasteiger partial charge is 0.299 e. The van der Waals surface area contributed by atoms with Crippen molar-refractivity contribution in [3.05, 3.63) is 34.3 Å². The normalized spacial score (nSPS) is 10.9. The first-order valence-corrected chi connectivity index (χ1v) is 6.53. The molecule has 0 bridgehead atoms. The van der Waals surface area contributed by atoms with Gasteiger partial charge in [-0.05, 0) is 31.1 Å². The van der Waals surface area contributed by atoms with Crippen LogP contribution in [0.25, 0.3) is 0 Å². The van der Waals surface area contributed by atoms with Crippen molar-refractivity contribution in [2.45, 2.75) is 33.2 Å². The number of hydrogen-bond donors (Lipinski definition) is 0. The molecule has 1 nitrogen and oxygen atoms in total. The molecule has 0 N–H and O–H groups in total. The number of halogens is 1. The summed E-state index contributed by atoms with van der Waals surface area (Å²) in [6, 6.07) is 8.48. The Kier molecular flexibility index (Phi) is 5.96. The van der Waals surface area contributed by atoms with Crippen LogP contribution in [0.4, 0.5) is 0 Å². The lowest BCUT2D eigenvalue weighted by atomic mass is 10.2. The summed E-state index contributed by atoms with van der Waals surface area (Å²) in [7, 11) is 0. The number of benzene rings is 1. The van der Waals surface area contributed by atoms with Crippen LogP contribution in [0.15, 0.2) is 28.7 Å². The molecule has 0 aromatic heterocycles. The third kappa shape index (κ3) is 4.35. The monoisotopic (exact) mass is 269 g/mol. The SMILES string of the molecule is CCCCN(CC)Cc1ccccc1Br. The first-order chi connectivity index (χ1) is 7.27. The molecule has 15 heavy (non-hydrogen) atoms. The van der Waals surface area contributed by atoms with Crippen molar-refractivity contribution in [3.8, 4) is 0 Å². The second-order valence-corrected chi connectivity index (χ2v) is 4.67. The van der Waals surface area contributed by atoms with Gasteiger partial charge in [-0.15, -0.1) is 0 Å². The van der Waals surface area contributed by atoms with Gasteiger partial charge in [0.05, 0.1) is 0 Å². The van der Waals surface area contributed by atoms with Crippen LogP contribution in [-0.2, 0) is 6.54 Å². The van der Waals surface area contributed by atoms with Gasteiger partial charge < -0.3 is 0 Å². The smallest absolute Gasteiger partial charge is 0.0244 e. The molecule has 0 aliphatic rings. The Labute approximate surface area is 102 Å². The zero-order valence-electron chi connectivity index (χ0n) is 9.67. The molecule has 0 amide bonds. The Balaban J connectivity index is 2.54. The summed E-state index contributed by atoms with van der Waals surface area (Å²) < 4.78 is 1.22. The fraction of sp³-hybridized carbons (Fsp3) is 0.538. The molecule has 0 saturated heterocycles. The molecule has 2 heteroatoms. The molecule has 1 aromatic carbocycles. The van der Waals surface area contributed by atoms with E-state index in [9.17, 15) is 0 Å². The molecule has 0 aliphatic carbocycles. The zero-order chi connectivity index (χ0) is 11.1. The Morgan fingerprint density at radius 1 is 1.20 bits per heavy atom. The van der Waals surface area contributed by atoms with Crippen molar-refractivity contribution in [3.63, 3.8) is 0 Å². The molecule has 0 atom stereocenters. The van der Waals surface area contributed by atoms with Gasteiger partial charge in [-0.25, -0.2) is 0 Å². The topological polar surface area (TPSA) is 3.24 Å². The molecule has 0 radical (unpaired) electrons. The van der Waals surface area contributed by atoms with E-state index in [1.54, 1.807) is 0 Å². The van der Waals surface area contributed by atoms with E-state index >= 15 is 0 Å². The van der Waals surface area contributed by atoms with Gasteiger partial charge >= 0.3 is 0 Å². The number of rotatable bonds is 6. The lowest BCUT2D eigenvalue weighted by molar-refractivity contribution is 0.275. The average Bonchev–Trinajstić information content (AvgIpc) is 2.26. The third-order valence-corrected chi connectivity index (χ3v) is 3.40. The van der Waals surface area contributed by atoms with Gasteiger partial charge in [-0.3, -0.25) is 4.90 Å². The minimum atomic E-state index is 1.05. The summed E-state index contributed by atoms with van der Waals surface area (Å²) >= 11 is 3.60. The standard InChI is InChI=1S/C13H20BrN/c1-3-5-10-15(4-2)11-12-8-6-7-9-13(12)14/h6-9H,3-5,10-11H2,1-2H3. The first kappa shape index (κ1) is 12.7. The molecule has 1 rings (SSSR count). The van der Waals surface area contributed by atoms with Crippen LogP contribution in [0.5, 0.6) is 0 Å². The van der Waals surface area contributed by atoms with Gasteiger partial charge in [0.15, 0.2) is 0 Å². The minimum Gasteiger partial charge on any atom is -0.299 e. The summed E-state index contributed by atoms with van der Waals surface area (Å²) in [6.07, 6.45) is 2.56. The van der Waals surface area contributed by atoms with E-state index in [1.165, 1.54) is 29.4 Å². The molecular formula is C13H20BrN. The maximum absolute atomic E-state index is 3.60. The van der Waals surface area contributed by atoms with Crippen LogP contribution in [0.3, 0.4) is 0 Å². The second kappa shape index (κ2) is 7.02. The molecular weight excluding hydrogens is 250 g/mol. The Morgan fingerprint density at radius 2 is 1.93 bits per heavy atom. The Hall–Kier alpha value is -0.340. The highest BCUT2D eigenvalue weighted by atomic mass is 79.9. The quantitative estimate of drug-likeness (QED) is 0.753. The average molecular weight is 270 g/mol. The second-order valence-electron chi connectivity index (χ2n) is 3.81. The summed E-state index contributed by atoms with van der Waals surface area (Å²) in [5, 5.41) is 0. The summed E-state index contributed by atoms with van der Waals surface area (Å²) in [5.74, 6) is 0. The van der Waals surface area contributed by atoms with E-state index in [2.05, 4.69) is 58.9 Å². The van der Waals surface area contributed by atoms with Crippen molar-refractivity contribution in [1.29, 1.82) is 0 Å². The molecule has 0 aliphatic heterocycles. The van der Waals surface area contributed by atoms with E-state index in [1.807, 2.05) is 0 Å². The van der Waals surface area contributed by atoms with Crippen LogP contribution in [0.2, 0.25) is 0 Å². The van der Waals surface area contributed by atoms with Gasteiger partial charge in [-0.1, -0.05) is 54.4 Å². The highest BCUT2D eigenvalue weighted by Crippen LogP contribution is 2.17. The van der Waals surface area contributed by atoms with E-state index < -0.39 is 0 Å². The molecule has 84 valence electrons. The number of hydrogen-bond acceptors (Lipinski definition) is 1. The van der Waals surface area contributed by atoms with Crippen molar-refractivity contribution < 1.29 is 0 Å². The lowest BCUT2D eigenvalue weighted by Gasteiger charge is -2.20. The van der Waals surface area contributed by atoms with Gasteiger partial charge in [0.2, 0.25) is 0 Å². The highest BCUT2D eigenvalue weighted by molar-refractivity contribution is 9.10. The summed E-state index contributed by atoms with van der Waals surface area (Å²) in [5.41, 5.74) is 1.38. The molecule has 0 fully saturated rings. The molecule has 0 spiro atoms. The number of nitrogens with zero attached hydrogens (tertiary/aromatic N) is 1. The van der Waals surface area contributed by atoms with Gasteiger partial charge in [0.25, 0.3) is 0 Å². The maximum Gasteiger partial charge on any atom is 0.0244 e. The zero-order valence-corrected chi connectivity index (χ0v) is 11.3. The molecule has 0 unspecified atom stereocenters. The first-order valence-electron chi connectivity index (χ1n) is 5.73. The Morgan fingerprint density at radius 3 is 2.53 bits per heavy atom. The maximum atomic E-state index is 3.60. The van der Waals surface area contributed by atoms with E-state index in [-0.39, 0.29) is 0 Å². The minimum absolute atomic E-state index is 1.05. The number of unbranched alkanes of at least 4 members (excludes halogenated alkanes) is 1. The molecule has 0 saturated carbocycles. The Bertz CT molecular complexity index is 286. The van der Waals surface area contributed by atoms with Gasteiger partial charge in [0.1, 0.15) is 0 Å². The fourth-order valence-corrected chi connectivity index (χ4v) is 2.01. The molecule has 1 aromatic rings. The summed E-state index contributed by atoms with van der Waals surface area (Å²) in [6.45, 7) is 7.85. The molecule has 0 heterocycles. The van der Waals surface area contributed by atoms with Crippen LogP contribution >= 0.6 is 15.9 Å². The van der Waals surface area contributed by atoms with Crippen molar-refractivity contribution in [1.82, 2.24) is 4.90 Å². The fourth-order valence-electron chi connectivity index (χ4n) is 1.60. The van der Waals surface area contributed by atoms with Gasteiger partial charge in [0, 0.05) is 11.0 Å². The van der Waals surface area contributed by atoms with Crippen LogP contribution in [0, 0.1) is 0 Å². The van der Waals surface area contributed by atoms with Crippen LogP contribution in [0.1, 0.15) is 32.3 Å². The van der Waals surface area contributed by atoms with E-state index in [0.29, 0.717) is 0 Å².